The lowest BCUT2D eigenvalue weighted by atomic mass is 10.2. The van der Waals surface area contributed by atoms with E-state index in [-0.39, 0.29) is 6.61 Å². The maximum atomic E-state index is 10.7. The molecule has 0 aliphatic heterocycles. The van der Waals surface area contributed by atoms with E-state index < -0.39 is 7.82 Å². The van der Waals surface area contributed by atoms with E-state index in [0.717, 1.165) is 31.4 Å². The van der Waals surface area contributed by atoms with E-state index in [0.29, 0.717) is 0 Å². The smallest absolute Gasteiger partial charge is 0.302 e. The third-order valence-corrected chi connectivity index (χ3v) is 3.06. The third kappa shape index (κ3) is 9.12. The summed E-state index contributed by atoms with van der Waals surface area (Å²) in [4.78, 5) is 8.75. The Morgan fingerprint density at radius 1 is 1.23 bits per heavy atom. The zero-order valence-corrected chi connectivity index (χ0v) is 9.94. The molecule has 0 aromatic rings. The molecule has 0 fully saturated rings. The third-order valence-electron chi connectivity index (χ3n) is 1.41. The number of hydrogen-bond donors (Lipinski definition) is 3. The van der Waals surface area contributed by atoms with Crippen molar-refractivity contribution in [3.63, 3.8) is 0 Å². The van der Waals surface area contributed by atoms with Crippen LogP contribution in [-0.4, -0.2) is 17.3 Å². The van der Waals surface area contributed by atoms with Crippen molar-refractivity contribution in [1.82, 2.24) is 0 Å². The lowest BCUT2D eigenvalue weighted by Gasteiger charge is -2.07. The second kappa shape index (κ2) is 8.15. The fraction of sp³-hybridized carbons (Fsp3) is 1.00. The number of unbranched alkanes of at least 4 members (excludes halogenated alkanes) is 3. The average molecular weight is 246 g/mol. The molecule has 0 aromatic carbocycles. The van der Waals surface area contributed by atoms with Gasteiger partial charge >= 0.3 is 7.82 Å². The van der Waals surface area contributed by atoms with Crippen LogP contribution in [-0.2, 0) is 13.1 Å². The van der Waals surface area contributed by atoms with Gasteiger partial charge in [0.1, 0.15) is 0 Å². The molecule has 0 spiro atoms. The Bertz CT molecular complexity index is 167. The Balaban J connectivity index is 3.21. The number of rotatable bonds is 8. The first-order chi connectivity index (χ1) is 6.12. The summed E-state index contributed by atoms with van der Waals surface area (Å²) in [6.45, 7) is 0.223. The number of phosphoric acid groups is 1. The molecule has 0 saturated heterocycles. The molecule has 0 heterocycles. The summed E-state index contributed by atoms with van der Waals surface area (Å²) >= 11 is 7.27. The summed E-state index contributed by atoms with van der Waals surface area (Å²) in [5.74, 6) is 0.874. The first-order valence-electron chi connectivity index (χ1n) is 4.04. The molecule has 0 aliphatic carbocycles. The Hall–Kier alpha value is 0.810. The number of phosphoric ester groups is 1. The fourth-order valence-electron chi connectivity index (χ4n) is 0.771. The maximum Gasteiger partial charge on any atom is 0.483 e. The molecule has 0 aliphatic rings. The van der Waals surface area contributed by atoms with Crippen LogP contribution in [0.5, 0.6) is 0 Å². The van der Waals surface area contributed by atoms with E-state index in [9.17, 15) is 4.57 Å². The van der Waals surface area contributed by atoms with Gasteiger partial charge < -0.3 is 4.89 Å². The lowest BCUT2D eigenvalue weighted by molar-refractivity contribution is 0.208. The van der Waals surface area contributed by atoms with Crippen LogP contribution in [0.2, 0.25) is 0 Å². The van der Waals surface area contributed by atoms with E-state index >= 15 is 0 Å². The van der Waals surface area contributed by atoms with Crippen LogP contribution in [0.15, 0.2) is 0 Å². The van der Waals surface area contributed by atoms with Gasteiger partial charge in [-0.1, -0.05) is 12.8 Å². The number of thiol groups is 2. The van der Waals surface area contributed by atoms with Gasteiger partial charge in [-0.25, -0.2) is 8.54 Å². The highest BCUT2D eigenvalue weighted by atomic mass is 32.1. The van der Waals surface area contributed by atoms with Gasteiger partial charge in [0.25, 0.3) is 0 Å². The molecule has 0 rings (SSSR count). The summed E-state index contributed by atoms with van der Waals surface area (Å²) < 4.78 is 19.2. The first kappa shape index (κ1) is 13.8. The molecule has 0 aromatic heterocycles. The molecule has 1 N–H and O–H groups in total. The van der Waals surface area contributed by atoms with Gasteiger partial charge in [0.05, 0.1) is 6.61 Å². The average Bonchev–Trinajstić information content (AvgIpc) is 2.11. The summed E-state index contributed by atoms with van der Waals surface area (Å²) in [6, 6.07) is 0. The van der Waals surface area contributed by atoms with Gasteiger partial charge in [0.15, 0.2) is 0 Å². The molecule has 4 nitrogen and oxygen atoms in total. The SMILES string of the molecule is O=P(O)(OS)OCCCCCCS. The fourth-order valence-corrected chi connectivity index (χ4v) is 1.54. The van der Waals surface area contributed by atoms with Crippen LogP contribution in [0.1, 0.15) is 25.7 Å². The van der Waals surface area contributed by atoms with E-state index in [1.165, 1.54) is 0 Å². The van der Waals surface area contributed by atoms with Gasteiger partial charge in [-0.05, 0) is 31.5 Å². The Morgan fingerprint density at radius 2 is 1.85 bits per heavy atom. The van der Waals surface area contributed by atoms with Crippen molar-refractivity contribution in [3.05, 3.63) is 0 Å². The normalized spacial score (nSPS) is 15.6. The highest BCUT2D eigenvalue weighted by molar-refractivity contribution is 7.80. The number of hydrogen-bond acceptors (Lipinski definition) is 5. The Kier molecular flexibility index (Phi) is 8.65. The van der Waals surface area contributed by atoms with Crippen LogP contribution < -0.4 is 0 Å². The molecule has 0 saturated carbocycles. The Labute approximate surface area is 89.7 Å². The minimum absolute atomic E-state index is 0.223. The second-order valence-corrected chi connectivity index (χ2v) is 4.82. The molecule has 13 heavy (non-hydrogen) atoms. The van der Waals surface area contributed by atoms with Crippen LogP contribution in [0, 0.1) is 0 Å². The standard InChI is InChI=1S/C6H15O4PS2/c7-11(8,10-13)9-5-3-1-2-4-6-12/h12-13H,1-6H2,(H,7,8). The largest absolute Gasteiger partial charge is 0.483 e. The van der Waals surface area contributed by atoms with Gasteiger partial charge in [-0.3, -0.25) is 4.52 Å². The second-order valence-electron chi connectivity index (χ2n) is 2.52. The van der Waals surface area contributed by atoms with E-state index in [1.54, 1.807) is 0 Å². The van der Waals surface area contributed by atoms with E-state index in [4.69, 9.17) is 4.89 Å². The monoisotopic (exact) mass is 246 g/mol. The summed E-state index contributed by atoms with van der Waals surface area (Å²) in [6.07, 6.45) is 3.83. The molecule has 0 bridgehead atoms. The van der Waals surface area contributed by atoms with Crippen molar-refractivity contribution in [3.8, 4) is 0 Å². The van der Waals surface area contributed by atoms with Gasteiger partial charge in [-0.2, -0.15) is 12.6 Å². The van der Waals surface area contributed by atoms with Crippen molar-refractivity contribution < 1.29 is 18.0 Å². The predicted molar refractivity (Wildman–Crippen MR) is 58.2 cm³/mol. The Morgan fingerprint density at radius 3 is 2.38 bits per heavy atom. The quantitative estimate of drug-likeness (QED) is 0.266. The molecule has 1 unspecified atom stereocenters. The molecule has 7 heteroatoms. The van der Waals surface area contributed by atoms with Crippen LogP contribution in [0.4, 0.5) is 0 Å². The molecular weight excluding hydrogens is 231 g/mol. The topological polar surface area (TPSA) is 55.8 Å². The molecule has 0 radical (unpaired) electrons. The van der Waals surface area contributed by atoms with Crippen LogP contribution in [0.3, 0.4) is 0 Å². The van der Waals surface area contributed by atoms with Crippen LogP contribution >= 0.6 is 33.4 Å². The van der Waals surface area contributed by atoms with Crippen molar-refractivity contribution in [1.29, 1.82) is 0 Å². The summed E-state index contributed by atoms with van der Waals surface area (Å²) in [5, 5.41) is 0. The highest BCUT2D eigenvalue weighted by Crippen LogP contribution is 2.44. The lowest BCUT2D eigenvalue weighted by Crippen LogP contribution is -1.93. The molecule has 0 amide bonds. The van der Waals surface area contributed by atoms with Crippen molar-refractivity contribution >= 4 is 33.4 Å². The summed E-state index contributed by atoms with van der Waals surface area (Å²) in [5.41, 5.74) is 0. The van der Waals surface area contributed by atoms with Crippen LogP contribution in [0.25, 0.3) is 0 Å². The van der Waals surface area contributed by atoms with Crippen molar-refractivity contribution in [2.45, 2.75) is 25.7 Å². The van der Waals surface area contributed by atoms with Gasteiger partial charge in [-0.15, -0.1) is 0 Å². The van der Waals surface area contributed by atoms with Crippen molar-refractivity contribution in [2.75, 3.05) is 12.4 Å². The molecule has 80 valence electrons. The van der Waals surface area contributed by atoms with E-state index in [2.05, 4.69) is 34.0 Å². The molecular formula is C6H15O4PS2. The predicted octanol–water partition coefficient (Wildman–Crippen LogP) is 2.46. The summed E-state index contributed by atoms with van der Waals surface area (Å²) in [7, 11) is -3.88. The zero-order valence-electron chi connectivity index (χ0n) is 7.26. The minimum Gasteiger partial charge on any atom is -0.302 e. The maximum absolute atomic E-state index is 10.7. The zero-order chi connectivity index (χ0) is 10.2. The van der Waals surface area contributed by atoms with Crippen molar-refractivity contribution in [2.24, 2.45) is 0 Å². The van der Waals surface area contributed by atoms with Gasteiger partial charge in [0, 0.05) is 0 Å². The van der Waals surface area contributed by atoms with Gasteiger partial charge in [0.2, 0.25) is 0 Å². The molecule has 1 atom stereocenters. The first-order valence-corrected chi connectivity index (χ1v) is 6.53. The highest BCUT2D eigenvalue weighted by Gasteiger charge is 2.18. The van der Waals surface area contributed by atoms with E-state index in [1.807, 2.05) is 0 Å². The minimum atomic E-state index is -3.88.